The zero-order chi connectivity index (χ0) is 32.3. The maximum atomic E-state index is 6.56. The Labute approximate surface area is 281 Å². The molecule has 2 aromatic heterocycles. The number of nitrogens with zero attached hydrogens (tertiary/aromatic N) is 4. The van der Waals surface area contributed by atoms with Crippen molar-refractivity contribution in [3.05, 3.63) is 158 Å². The molecule has 0 bridgehead atoms. The van der Waals surface area contributed by atoms with Gasteiger partial charge in [0, 0.05) is 33.0 Å². The molecule has 49 heavy (non-hydrogen) atoms. The first-order valence-electron chi connectivity index (χ1n) is 16.3. The highest BCUT2D eigenvalue weighted by molar-refractivity contribution is 6.27. The van der Waals surface area contributed by atoms with Crippen LogP contribution in [0.1, 0.15) is 0 Å². The van der Waals surface area contributed by atoms with Crippen LogP contribution in [0.15, 0.2) is 162 Å². The molecule has 5 heteroatoms. The van der Waals surface area contributed by atoms with Gasteiger partial charge in [-0.25, -0.2) is 19.9 Å². The molecule has 0 atom stereocenters. The lowest BCUT2D eigenvalue weighted by Crippen LogP contribution is -2.00. The van der Waals surface area contributed by atoms with Crippen molar-refractivity contribution in [3.63, 3.8) is 0 Å². The zero-order valence-corrected chi connectivity index (χ0v) is 26.2. The summed E-state index contributed by atoms with van der Waals surface area (Å²) in [6, 6.07) is 54.1. The summed E-state index contributed by atoms with van der Waals surface area (Å²) < 4.78 is 6.56. The Hall–Kier alpha value is -6.72. The number of rotatable bonds is 4. The molecule has 10 aromatic rings. The largest absolute Gasteiger partial charge is 0.435 e. The average molecular weight is 627 g/mol. The van der Waals surface area contributed by atoms with E-state index < -0.39 is 0 Å². The van der Waals surface area contributed by atoms with Crippen LogP contribution >= 0.6 is 0 Å². The molecule has 0 saturated carbocycles. The van der Waals surface area contributed by atoms with Gasteiger partial charge in [0.2, 0.25) is 5.89 Å². The molecule has 2 heterocycles. The Kier molecular flexibility index (Phi) is 6.11. The second-order valence-electron chi connectivity index (χ2n) is 12.3. The van der Waals surface area contributed by atoms with E-state index in [1.165, 1.54) is 5.39 Å². The molecule has 0 unspecified atom stereocenters. The lowest BCUT2D eigenvalue weighted by molar-refractivity contribution is 0.623. The van der Waals surface area contributed by atoms with E-state index in [9.17, 15) is 0 Å². The molecule has 5 nitrogen and oxygen atoms in total. The molecule has 0 aliphatic carbocycles. The fraction of sp³-hybridized carbons (Fsp3) is 0. The van der Waals surface area contributed by atoms with Gasteiger partial charge in [-0.05, 0) is 56.6 Å². The van der Waals surface area contributed by atoms with Crippen LogP contribution in [0, 0.1) is 0 Å². The summed E-state index contributed by atoms with van der Waals surface area (Å²) in [5.41, 5.74) is 5.38. The molecule has 0 N–H and O–H groups in total. The number of benzene rings is 8. The summed E-state index contributed by atoms with van der Waals surface area (Å²) in [6.45, 7) is 0. The summed E-state index contributed by atoms with van der Waals surface area (Å²) in [5.74, 6) is 2.50. The van der Waals surface area contributed by atoms with Gasteiger partial charge < -0.3 is 4.42 Å². The van der Waals surface area contributed by atoms with Crippen molar-refractivity contribution >= 4 is 54.2 Å². The first kappa shape index (κ1) is 27.4. The van der Waals surface area contributed by atoms with Crippen LogP contribution in [-0.4, -0.2) is 19.9 Å². The molecule has 0 aliphatic heterocycles. The molecular formula is C44H26N4O. The first-order valence-corrected chi connectivity index (χ1v) is 16.3. The van der Waals surface area contributed by atoms with E-state index in [-0.39, 0.29) is 0 Å². The van der Waals surface area contributed by atoms with E-state index >= 15 is 0 Å². The van der Waals surface area contributed by atoms with E-state index in [2.05, 4.69) is 91.0 Å². The van der Waals surface area contributed by atoms with E-state index in [4.69, 9.17) is 24.4 Å². The van der Waals surface area contributed by atoms with Crippen molar-refractivity contribution < 1.29 is 4.42 Å². The van der Waals surface area contributed by atoms with Gasteiger partial charge >= 0.3 is 0 Å². The van der Waals surface area contributed by atoms with Gasteiger partial charge in [-0.1, -0.05) is 133 Å². The van der Waals surface area contributed by atoms with E-state index in [0.717, 1.165) is 71.1 Å². The highest BCUT2D eigenvalue weighted by Crippen LogP contribution is 2.40. The van der Waals surface area contributed by atoms with Gasteiger partial charge in [0.05, 0.1) is 0 Å². The third-order valence-electron chi connectivity index (χ3n) is 9.31. The van der Waals surface area contributed by atoms with E-state index in [1.54, 1.807) is 0 Å². The molecule has 0 spiro atoms. The second-order valence-corrected chi connectivity index (χ2v) is 12.3. The van der Waals surface area contributed by atoms with Crippen molar-refractivity contribution in [2.75, 3.05) is 0 Å². The van der Waals surface area contributed by atoms with Gasteiger partial charge in [-0.15, -0.1) is 0 Å². The van der Waals surface area contributed by atoms with Gasteiger partial charge in [0.1, 0.15) is 5.52 Å². The highest BCUT2D eigenvalue weighted by atomic mass is 16.3. The van der Waals surface area contributed by atoms with Gasteiger partial charge in [-0.2, -0.15) is 0 Å². The van der Waals surface area contributed by atoms with Crippen LogP contribution in [0.3, 0.4) is 0 Å². The minimum atomic E-state index is 0.612. The third-order valence-corrected chi connectivity index (χ3v) is 9.31. The zero-order valence-electron chi connectivity index (χ0n) is 26.2. The Balaban J connectivity index is 1.23. The van der Waals surface area contributed by atoms with Crippen LogP contribution in [0.4, 0.5) is 0 Å². The Morgan fingerprint density at radius 1 is 0.367 bits per heavy atom. The Morgan fingerprint density at radius 3 is 1.82 bits per heavy atom. The monoisotopic (exact) mass is 626 g/mol. The predicted octanol–water partition coefficient (Wildman–Crippen LogP) is 11.3. The van der Waals surface area contributed by atoms with Crippen molar-refractivity contribution in [3.8, 4) is 45.6 Å². The second kappa shape index (κ2) is 10.9. The van der Waals surface area contributed by atoms with Crippen molar-refractivity contribution in [2.45, 2.75) is 0 Å². The summed E-state index contributed by atoms with van der Waals surface area (Å²) >= 11 is 0. The van der Waals surface area contributed by atoms with Crippen molar-refractivity contribution in [1.82, 2.24) is 19.9 Å². The average Bonchev–Trinajstić information content (AvgIpc) is 3.63. The maximum absolute atomic E-state index is 6.56. The lowest BCUT2D eigenvalue weighted by atomic mass is 9.93. The number of hydrogen-bond acceptors (Lipinski definition) is 5. The van der Waals surface area contributed by atoms with Crippen LogP contribution in [0.25, 0.3) is 99.8 Å². The minimum Gasteiger partial charge on any atom is -0.435 e. The molecule has 228 valence electrons. The number of fused-ring (bicyclic) bond motifs is 8. The fourth-order valence-electron chi connectivity index (χ4n) is 6.95. The standard InChI is InChI=1S/C44H26N4O/c1-3-11-30(12-4-1)41-46-42(33-21-18-27-10-7-8-15-32(27)26-33)48-43(47-41)36-17-9-16-35-34(36)24-22-28-19-20-29-23-25-37-40(39(29)38(28)35)49-44(45-37)31-13-5-2-6-14-31/h1-26H. The van der Waals surface area contributed by atoms with Crippen LogP contribution in [-0.2, 0) is 0 Å². The lowest BCUT2D eigenvalue weighted by Gasteiger charge is -2.13. The summed E-state index contributed by atoms with van der Waals surface area (Å²) in [5, 5.41) is 8.85. The first-order chi connectivity index (χ1) is 24.3. The summed E-state index contributed by atoms with van der Waals surface area (Å²) in [6.07, 6.45) is 0. The molecular weight excluding hydrogens is 601 g/mol. The van der Waals surface area contributed by atoms with Gasteiger partial charge in [0.15, 0.2) is 23.1 Å². The van der Waals surface area contributed by atoms with Crippen molar-refractivity contribution in [2.24, 2.45) is 0 Å². The van der Waals surface area contributed by atoms with Crippen LogP contribution < -0.4 is 0 Å². The number of hydrogen-bond donors (Lipinski definition) is 0. The molecule has 0 aliphatic rings. The third kappa shape index (κ3) is 4.55. The van der Waals surface area contributed by atoms with Crippen LogP contribution in [0.5, 0.6) is 0 Å². The van der Waals surface area contributed by atoms with E-state index in [0.29, 0.717) is 23.4 Å². The predicted molar refractivity (Wildman–Crippen MR) is 199 cm³/mol. The molecule has 0 fully saturated rings. The minimum absolute atomic E-state index is 0.612. The number of oxazole rings is 1. The fourth-order valence-corrected chi connectivity index (χ4v) is 6.95. The Morgan fingerprint density at radius 2 is 1.00 bits per heavy atom. The van der Waals surface area contributed by atoms with Gasteiger partial charge in [0.25, 0.3) is 0 Å². The van der Waals surface area contributed by atoms with Crippen LogP contribution in [0.2, 0.25) is 0 Å². The molecule has 8 aromatic carbocycles. The summed E-state index contributed by atoms with van der Waals surface area (Å²) in [7, 11) is 0. The summed E-state index contributed by atoms with van der Waals surface area (Å²) in [4.78, 5) is 20.1. The topological polar surface area (TPSA) is 64.7 Å². The highest BCUT2D eigenvalue weighted by Gasteiger charge is 2.18. The van der Waals surface area contributed by atoms with Crippen molar-refractivity contribution in [1.29, 1.82) is 0 Å². The quantitative estimate of drug-likeness (QED) is 0.182. The SMILES string of the molecule is c1ccc(-c2nc(-c3ccc4ccccc4c3)nc(-c3cccc4c3ccc3ccc5ccc6nc(-c7ccccc7)oc6c5c34)n2)cc1. The normalized spacial score (nSPS) is 11.7. The maximum Gasteiger partial charge on any atom is 0.227 e. The molecule has 0 amide bonds. The van der Waals surface area contributed by atoms with E-state index in [1.807, 2.05) is 66.7 Å². The number of aromatic nitrogens is 4. The van der Waals surface area contributed by atoms with Gasteiger partial charge in [-0.3, -0.25) is 0 Å². The molecule has 10 rings (SSSR count). The Bertz CT molecular complexity index is 2880. The molecule has 0 radical (unpaired) electrons. The molecule has 0 saturated heterocycles. The smallest absolute Gasteiger partial charge is 0.227 e.